The van der Waals surface area contributed by atoms with E-state index in [0.717, 1.165) is 16.8 Å². The average Bonchev–Trinajstić information content (AvgIpc) is 2.35. The first kappa shape index (κ1) is 17.2. The second-order valence-corrected chi connectivity index (χ2v) is 5.94. The number of hydrogen-bond acceptors (Lipinski definition) is 1. The van der Waals surface area contributed by atoms with E-state index in [-0.39, 0.29) is 6.04 Å². The Kier molecular flexibility index (Phi) is 6.67. The lowest BCUT2D eigenvalue weighted by atomic mass is 10.1. The van der Waals surface area contributed by atoms with Crippen molar-refractivity contribution in [3.05, 3.63) is 68.8 Å². The number of benzene rings is 1. The molecule has 0 saturated heterocycles. The molecule has 0 radical (unpaired) electrons. The molecule has 0 aliphatic rings. The zero-order chi connectivity index (χ0) is 15.3. The third kappa shape index (κ3) is 5.24. The molecular formula is C16H18Cl3N. The van der Waals surface area contributed by atoms with Crippen LogP contribution in [0.2, 0.25) is 10.0 Å². The van der Waals surface area contributed by atoms with Crippen molar-refractivity contribution >= 4 is 34.8 Å². The first-order valence-electron chi connectivity index (χ1n) is 6.22. The number of allylic oxidation sites excluding steroid dienone is 5. The predicted octanol–water partition coefficient (Wildman–Crippen LogP) is 6.25. The molecule has 0 spiro atoms. The summed E-state index contributed by atoms with van der Waals surface area (Å²) in [6.07, 6.45) is 3.69. The van der Waals surface area contributed by atoms with Gasteiger partial charge in [-0.2, -0.15) is 0 Å². The fraction of sp³-hybridized carbons (Fsp3) is 0.250. The Balaban J connectivity index is 2.86. The van der Waals surface area contributed by atoms with Gasteiger partial charge in [0.2, 0.25) is 0 Å². The van der Waals surface area contributed by atoms with Gasteiger partial charge in [0.15, 0.2) is 0 Å². The average molecular weight is 331 g/mol. The Hall–Kier alpha value is -0.890. The number of halogens is 3. The minimum atomic E-state index is 0.0340. The molecule has 4 heteroatoms. The molecule has 1 aromatic carbocycles. The molecule has 0 heterocycles. The highest BCUT2D eigenvalue weighted by molar-refractivity contribution is 6.35. The summed E-state index contributed by atoms with van der Waals surface area (Å²) in [6, 6.07) is 5.50. The van der Waals surface area contributed by atoms with Gasteiger partial charge in [0.05, 0.1) is 5.03 Å². The van der Waals surface area contributed by atoms with Crippen molar-refractivity contribution < 1.29 is 0 Å². The second kappa shape index (κ2) is 7.78. The fourth-order valence-electron chi connectivity index (χ4n) is 1.66. The molecule has 0 aliphatic heterocycles. The van der Waals surface area contributed by atoms with E-state index in [2.05, 4.69) is 11.9 Å². The first-order chi connectivity index (χ1) is 9.31. The molecule has 1 atom stereocenters. The molecule has 1 rings (SSSR count). The van der Waals surface area contributed by atoms with Crippen LogP contribution in [0.25, 0.3) is 0 Å². The highest BCUT2D eigenvalue weighted by Gasteiger charge is 2.10. The van der Waals surface area contributed by atoms with Crippen molar-refractivity contribution in [2.24, 2.45) is 0 Å². The smallest absolute Gasteiger partial charge is 0.0592 e. The molecule has 1 nitrogen and oxygen atoms in total. The topological polar surface area (TPSA) is 12.0 Å². The van der Waals surface area contributed by atoms with E-state index in [1.54, 1.807) is 6.07 Å². The highest BCUT2D eigenvalue weighted by Crippen LogP contribution is 2.27. The fourth-order valence-corrected chi connectivity index (χ4v) is 2.35. The SMILES string of the molecule is C=C(C)/C=C\C(Cl)=C(/C)NC(C)c1ccc(Cl)cc1Cl. The van der Waals surface area contributed by atoms with Gasteiger partial charge in [0.1, 0.15) is 0 Å². The molecular weight excluding hydrogens is 313 g/mol. The maximum atomic E-state index is 6.21. The molecule has 0 aliphatic carbocycles. The lowest BCUT2D eigenvalue weighted by Crippen LogP contribution is -2.17. The van der Waals surface area contributed by atoms with Gasteiger partial charge >= 0.3 is 0 Å². The van der Waals surface area contributed by atoms with Crippen LogP contribution in [0.3, 0.4) is 0 Å². The third-order valence-corrected chi connectivity index (χ3v) is 3.71. The molecule has 20 heavy (non-hydrogen) atoms. The van der Waals surface area contributed by atoms with Gasteiger partial charge in [-0.25, -0.2) is 0 Å². The van der Waals surface area contributed by atoms with Crippen molar-refractivity contribution in [3.8, 4) is 0 Å². The Morgan fingerprint density at radius 3 is 2.45 bits per heavy atom. The van der Waals surface area contributed by atoms with Crippen molar-refractivity contribution in [1.82, 2.24) is 5.32 Å². The maximum absolute atomic E-state index is 6.21. The summed E-state index contributed by atoms with van der Waals surface area (Å²) < 4.78 is 0. The minimum absolute atomic E-state index is 0.0340. The highest BCUT2D eigenvalue weighted by atomic mass is 35.5. The number of hydrogen-bond donors (Lipinski definition) is 1. The minimum Gasteiger partial charge on any atom is -0.381 e. The van der Waals surface area contributed by atoms with Gasteiger partial charge in [0.25, 0.3) is 0 Å². The quantitative estimate of drug-likeness (QED) is 0.629. The van der Waals surface area contributed by atoms with E-state index in [0.29, 0.717) is 15.1 Å². The zero-order valence-electron chi connectivity index (χ0n) is 11.8. The van der Waals surface area contributed by atoms with Crippen molar-refractivity contribution in [2.45, 2.75) is 26.8 Å². The monoisotopic (exact) mass is 329 g/mol. The van der Waals surface area contributed by atoms with Gasteiger partial charge in [-0.05, 0) is 44.5 Å². The van der Waals surface area contributed by atoms with Crippen LogP contribution >= 0.6 is 34.8 Å². The van der Waals surface area contributed by atoms with E-state index in [1.807, 2.05) is 45.1 Å². The predicted molar refractivity (Wildman–Crippen MR) is 90.5 cm³/mol. The number of nitrogens with one attached hydrogen (secondary N) is 1. The van der Waals surface area contributed by atoms with Gasteiger partial charge in [0, 0.05) is 21.8 Å². The van der Waals surface area contributed by atoms with Crippen LogP contribution in [-0.4, -0.2) is 0 Å². The summed E-state index contributed by atoms with van der Waals surface area (Å²) in [7, 11) is 0. The number of rotatable bonds is 5. The van der Waals surface area contributed by atoms with E-state index in [9.17, 15) is 0 Å². The molecule has 108 valence electrons. The van der Waals surface area contributed by atoms with Crippen LogP contribution in [0.5, 0.6) is 0 Å². The molecule has 0 bridgehead atoms. The Morgan fingerprint density at radius 1 is 1.25 bits per heavy atom. The first-order valence-corrected chi connectivity index (χ1v) is 7.36. The summed E-state index contributed by atoms with van der Waals surface area (Å²) in [4.78, 5) is 0. The van der Waals surface area contributed by atoms with E-state index >= 15 is 0 Å². The Morgan fingerprint density at radius 2 is 1.90 bits per heavy atom. The van der Waals surface area contributed by atoms with Crippen LogP contribution in [0.15, 0.2) is 53.2 Å². The van der Waals surface area contributed by atoms with Crippen molar-refractivity contribution in [3.63, 3.8) is 0 Å². The van der Waals surface area contributed by atoms with Gasteiger partial charge in [-0.15, -0.1) is 0 Å². The van der Waals surface area contributed by atoms with Crippen LogP contribution in [0.1, 0.15) is 32.4 Å². The largest absolute Gasteiger partial charge is 0.381 e. The van der Waals surface area contributed by atoms with Gasteiger partial charge in [-0.3, -0.25) is 0 Å². The summed E-state index contributed by atoms with van der Waals surface area (Å²) in [5.41, 5.74) is 2.80. The molecule has 1 aromatic rings. The molecule has 0 fully saturated rings. The molecule has 0 amide bonds. The van der Waals surface area contributed by atoms with E-state index in [1.165, 1.54) is 0 Å². The van der Waals surface area contributed by atoms with Crippen LogP contribution < -0.4 is 5.32 Å². The Bertz CT molecular complexity index is 559. The normalized spacial score (nSPS) is 14.1. The maximum Gasteiger partial charge on any atom is 0.0592 e. The summed E-state index contributed by atoms with van der Waals surface area (Å²) in [6.45, 7) is 9.65. The lowest BCUT2D eigenvalue weighted by Gasteiger charge is -2.18. The zero-order valence-corrected chi connectivity index (χ0v) is 14.1. The van der Waals surface area contributed by atoms with Gasteiger partial charge in [-0.1, -0.05) is 59.1 Å². The summed E-state index contributed by atoms with van der Waals surface area (Å²) in [5.74, 6) is 0. The molecule has 0 aromatic heterocycles. The van der Waals surface area contributed by atoms with E-state index in [4.69, 9.17) is 34.8 Å². The van der Waals surface area contributed by atoms with Gasteiger partial charge < -0.3 is 5.32 Å². The second-order valence-electron chi connectivity index (χ2n) is 4.68. The summed E-state index contributed by atoms with van der Waals surface area (Å²) in [5, 5.41) is 5.23. The standard InChI is InChI=1S/C16H18Cl3N/c1-10(2)5-8-15(18)12(4)20-11(3)14-7-6-13(17)9-16(14)19/h5-9,11,20H,1H2,2-4H3/b8-5-,15-12-. The molecule has 0 saturated carbocycles. The third-order valence-electron chi connectivity index (χ3n) is 2.73. The van der Waals surface area contributed by atoms with Crippen molar-refractivity contribution in [2.75, 3.05) is 0 Å². The molecule has 1 N–H and O–H groups in total. The van der Waals surface area contributed by atoms with Crippen LogP contribution in [-0.2, 0) is 0 Å². The Labute approximate surface area is 135 Å². The van der Waals surface area contributed by atoms with Crippen LogP contribution in [0, 0.1) is 0 Å². The van der Waals surface area contributed by atoms with Crippen molar-refractivity contribution in [1.29, 1.82) is 0 Å². The lowest BCUT2D eigenvalue weighted by molar-refractivity contribution is 0.653. The summed E-state index contributed by atoms with van der Waals surface area (Å²) >= 11 is 18.3. The molecule has 1 unspecified atom stereocenters. The van der Waals surface area contributed by atoms with Crippen LogP contribution in [0.4, 0.5) is 0 Å². The van der Waals surface area contributed by atoms with E-state index < -0.39 is 0 Å².